The molecular formula is C18H28N8O7S. The number of rotatable bonds is 15. The molecule has 0 bridgehead atoms. The Morgan fingerprint density at radius 1 is 0.971 bits per heavy atom. The first-order valence-corrected chi connectivity index (χ1v) is 10.6. The molecule has 0 spiro atoms. The number of aromatic amines is 1. The van der Waals surface area contributed by atoms with E-state index in [1.54, 1.807) is 0 Å². The van der Waals surface area contributed by atoms with Crippen LogP contribution in [-0.4, -0.2) is 80.5 Å². The summed E-state index contributed by atoms with van der Waals surface area (Å²) in [6.45, 7) is 0. The van der Waals surface area contributed by atoms with E-state index in [0.717, 1.165) is 0 Å². The molecule has 1 aromatic rings. The number of hydrogen-bond donors (Lipinski definition) is 9. The number of imidazole rings is 1. The lowest BCUT2D eigenvalue weighted by Crippen LogP contribution is -2.58. The van der Waals surface area contributed by atoms with Gasteiger partial charge >= 0.3 is 5.97 Å². The maximum absolute atomic E-state index is 12.7. The molecule has 0 aliphatic carbocycles. The number of carboxylic acids is 1. The highest BCUT2D eigenvalue weighted by Gasteiger charge is 2.31. The maximum Gasteiger partial charge on any atom is 0.326 e. The van der Waals surface area contributed by atoms with Gasteiger partial charge < -0.3 is 43.2 Å². The van der Waals surface area contributed by atoms with Crippen LogP contribution in [0.3, 0.4) is 0 Å². The van der Waals surface area contributed by atoms with Gasteiger partial charge in [0, 0.05) is 30.5 Å². The largest absolute Gasteiger partial charge is 0.480 e. The van der Waals surface area contributed by atoms with Crippen LogP contribution in [0.25, 0.3) is 0 Å². The number of H-pyrrole nitrogens is 1. The SMILES string of the molecule is NC(=O)CCC(N)C(=O)NC(CS)C(=O)NC(CC(N)=O)C(=O)NC(Cc1cnc[nH]1)C(=O)O. The first-order valence-electron chi connectivity index (χ1n) is 9.98. The summed E-state index contributed by atoms with van der Waals surface area (Å²) in [6.07, 6.45) is 1.73. The highest BCUT2D eigenvalue weighted by atomic mass is 32.1. The molecule has 34 heavy (non-hydrogen) atoms. The second-order valence-electron chi connectivity index (χ2n) is 7.27. The standard InChI is InChI=1S/C18H28N8O7S/c19-9(1-2-13(20)27)15(29)26-12(6-34)17(31)24-10(4-14(21)28)16(30)25-11(18(32)33)3-8-5-22-7-23-8/h5,7,9-12,34H,1-4,6,19H2,(H2,20,27)(H2,21,28)(H,22,23)(H,24,31)(H,25,30)(H,26,29)(H,32,33). The van der Waals surface area contributed by atoms with Crippen molar-refractivity contribution in [2.45, 2.75) is 49.9 Å². The van der Waals surface area contributed by atoms with Crippen molar-refractivity contribution in [2.24, 2.45) is 17.2 Å². The van der Waals surface area contributed by atoms with Crippen LogP contribution in [0.2, 0.25) is 0 Å². The van der Waals surface area contributed by atoms with Crippen molar-refractivity contribution in [1.29, 1.82) is 0 Å². The topological polar surface area (TPSA) is 265 Å². The van der Waals surface area contributed by atoms with Crippen molar-refractivity contribution >= 4 is 48.1 Å². The zero-order valence-corrected chi connectivity index (χ0v) is 18.9. The molecule has 1 aromatic heterocycles. The molecule has 0 aromatic carbocycles. The number of amides is 5. The molecule has 0 radical (unpaired) electrons. The minimum atomic E-state index is -1.53. The van der Waals surface area contributed by atoms with Crippen LogP contribution in [-0.2, 0) is 35.2 Å². The van der Waals surface area contributed by atoms with E-state index in [2.05, 4.69) is 38.5 Å². The fraction of sp³-hybridized carbons (Fsp3) is 0.500. The number of nitrogens with zero attached hydrogens (tertiary/aromatic N) is 1. The second-order valence-corrected chi connectivity index (χ2v) is 7.63. The van der Waals surface area contributed by atoms with Gasteiger partial charge in [0.2, 0.25) is 29.5 Å². The third kappa shape index (κ3) is 9.86. The predicted molar refractivity (Wildman–Crippen MR) is 120 cm³/mol. The third-order valence-electron chi connectivity index (χ3n) is 4.49. The molecule has 11 N–H and O–H groups in total. The van der Waals surface area contributed by atoms with E-state index in [0.29, 0.717) is 5.69 Å². The van der Waals surface area contributed by atoms with Crippen molar-refractivity contribution in [3.63, 3.8) is 0 Å². The van der Waals surface area contributed by atoms with Crippen molar-refractivity contribution in [3.8, 4) is 0 Å². The van der Waals surface area contributed by atoms with E-state index < -0.39 is 66.1 Å². The Morgan fingerprint density at radius 3 is 2.06 bits per heavy atom. The van der Waals surface area contributed by atoms with Gasteiger partial charge in [-0.3, -0.25) is 24.0 Å². The Kier molecular flexibility index (Phi) is 11.5. The number of hydrogen-bond acceptors (Lipinski definition) is 9. The first kappa shape index (κ1) is 28.4. The molecule has 15 nitrogen and oxygen atoms in total. The smallest absolute Gasteiger partial charge is 0.326 e. The molecule has 0 aliphatic heterocycles. The fourth-order valence-corrected chi connectivity index (χ4v) is 2.93. The van der Waals surface area contributed by atoms with Gasteiger partial charge in [-0.25, -0.2) is 9.78 Å². The molecule has 16 heteroatoms. The van der Waals surface area contributed by atoms with E-state index in [-0.39, 0.29) is 25.0 Å². The zero-order valence-electron chi connectivity index (χ0n) is 18.0. The van der Waals surface area contributed by atoms with E-state index in [4.69, 9.17) is 17.2 Å². The van der Waals surface area contributed by atoms with Gasteiger partial charge in [-0.1, -0.05) is 0 Å². The van der Waals surface area contributed by atoms with Crippen molar-refractivity contribution in [3.05, 3.63) is 18.2 Å². The number of carboxylic acid groups (broad SMARTS) is 1. The number of aromatic nitrogens is 2. The van der Waals surface area contributed by atoms with Crippen LogP contribution in [0.1, 0.15) is 25.0 Å². The lowest BCUT2D eigenvalue weighted by atomic mass is 10.1. The van der Waals surface area contributed by atoms with Gasteiger partial charge in [0.25, 0.3) is 0 Å². The van der Waals surface area contributed by atoms with Crippen molar-refractivity contribution in [1.82, 2.24) is 25.9 Å². The molecule has 0 fully saturated rings. The molecule has 4 unspecified atom stereocenters. The highest BCUT2D eigenvalue weighted by Crippen LogP contribution is 2.03. The number of thiol groups is 1. The lowest BCUT2D eigenvalue weighted by Gasteiger charge is -2.24. The Morgan fingerprint density at radius 2 is 1.56 bits per heavy atom. The van der Waals surface area contributed by atoms with Gasteiger partial charge in [0.1, 0.15) is 18.1 Å². The number of carbonyl (C=O) groups is 6. The van der Waals surface area contributed by atoms with Crippen molar-refractivity contribution < 1.29 is 33.9 Å². The average Bonchev–Trinajstić information content (AvgIpc) is 3.27. The summed E-state index contributed by atoms with van der Waals surface area (Å²) in [4.78, 5) is 77.7. The Bertz CT molecular complexity index is 895. The highest BCUT2D eigenvalue weighted by molar-refractivity contribution is 7.80. The first-order chi connectivity index (χ1) is 15.9. The van der Waals surface area contributed by atoms with Crippen LogP contribution < -0.4 is 33.2 Å². The number of nitrogens with one attached hydrogen (secondary N) is 4. The molecule has 1 heterocycles. The van der Waals surface area contributed by atoms with Gasteiger partial charge in [0.05, 0.1) is 18.8 Å². The monoisotopic (exact) mass is 500 g/mol. The Hall–Kier alpha value is -3.66. The molecule has 1 rings (SSSR count). The number of primary amides is 2. The average molecular weight is 501 g/mol. The van der Waals surface area contributed by atoms with E-state index in [9.17, 15) is 33.9 Å². The molecule has 0 saturated carbocycles. The van der Waals surface area contributed by atoms with Crippen LogP contribution in [0.5, 0.6) is 0 Å². The van der Waals surface area contributed by atoms with E-state index >= 15 is 0 Å². The number of carbonyl (C=O) groups excluding carboxylic acids is 5. The summed E-state index contributed by atoms with van der Waals surface area (Å²) >= 11 is 3.99. The summed E-state index contributed by atoms with van der Waals surface area (Å²) in [5.74, 6) is -5.81. The van der Waals surface area contributed by atoms with Gasteiger partial charge in [-0.15, -0.1) is 0 Å². The molecule has 0 aliphatic rings. The number of nitrogens with two attached hydrogens (primary N) is 3. The molecular weight excluding hydrogens is 472 g/mol. The van der Waals surface area contributed by atoms with Crippen LogP contribution >= 0.6 is 12.6 Å². The normalized spacial score (nSPS) is 14.2. The third-order valence-corrected chi connectivity index (χ3v) is 4.85. The molecule has 188 valence electrons. The molecule has 5 amide bonds. The summed E-state index contributed by atoms with van der Waals surface area (Å²) in [7, 11) is 0. The number of aliphatic carboxylic acids is 1. The summed E-state index contributed by atoms with van der Waals surface area (Å²) < 4.78 is 0. The Labute approximate surface area is 199 Å². The Balaban J connectivity index is 2.85. The summed E-state index contributed by atoms with van der Waals surface area (Å²) in [5.41, 5.74) is 16.2. The van der Waals surface area contributed by atoms with Gasteiger partial charge in [-0.2, -0.15) is 12.6 Å². The summed E-state index contributed by atoms with van der Waals surface area (Å²) in [5, 5.41) is 16.2. The van der Waals surface area contributed by atoms with Crippen LogP contribution in [0, 0.1) is 0 Å². The van der Waals surface area contributed by atoms with Crippen LogP contribution in [0.15, 0.2) is 12.5 Å². The van der Waals surface area contributed by atoms with Gasteiger partial charge in [-0.05, 0) is 6.42 Å². The second kappa shape index (κ2) is 13.8. The summed E-state index contributed by atoms with van der Waals surface area (Å²) in [6, 6.07) is -5.33. The van der Waals surface area contributed by atoms with Crippen molar-refractivity contribution in [2.75, 3.05) is 5.75 Å². The van der Waals surface area contributed by atoms with Gasteiger partial charge in [0.15, 0.2) is 0 Å². The quantitative estimate of drug-likeness (QED) is 0.106. The lowest BCUT2D eigenvalue weighted by molar-refractivity contribution is -0.142. The zero-order chi connectivity index (χ0) is 25.8. The van der Waals surface area contributed by atoms with E-state index in [1.807, 2.05) is 0 Å². The fourth-order valence-electron chi connectivity index (χ4n) is 2.67. The van der Waals surface area contributed by atoms with E-state index in [1.165, 1.54) is 12.5 Å². The molecule has 4 atom stereocenters. The maximum atomic E-state index is 12.7. The minimum absolute atomic E-state index is 0.0539. The minimum Gasteiger partial charge on any atom is -0.480 e. The predicted octanol–water partition coefficient (Wildman–Crippen LogP) is -4.11. The van der Waals surface area contributed by atoms with Crippen LogP contribution in [0.4, 0.5) is 0 Å². The molecule has 0 saturated heterocycles.